The Morgan fingerprint density at radius 3 is 3.10 bits per heavy atom. The van der Waals surface area contributed by atoms with Crippen molar-refractivity contribution in [1.29, 1.82) is 0 Å². The second-order valence-corrected chi connectivity index (χ2v) is 5.83. The van der Waals surface area contributed by atoms with Gasteiger partial charge in [0.2, 0.25) is 0 Å². The first-order valence-corrected chi connectivity index (χ1v) is 8.05. The smallest absolute Gasteiger partial charge is 0.0576 e. The minimum atomic E-state index is 0.491. The van der Waals surface area contributed by atoms with Gasteiger partial charge in [0.1, 0.15) is 0 Å². The molecule has 0 aliphatic carbocycles. The Balaban J connectivity index is 1.87. The van der Waals surface area contributed by atoms with Crippen LogP contribution >= 0.6 is 0 Å². The summed E-state index contributed by atoms with van der Waals surface area (Å²) in [4.78, 5) is 4.53. The molecule has 1 aliphatic rings. The Morgan fingerprint density at radius 2 is 2.40 bits per heavy atom. The zero-order valence-electron chi connectivity index (χ0n) is 12.9. The van der Waals surface area contributed by atoms with Crippen molar-refractivity contribution in [3.05, 3.63) is 29.6 Å². The molecule has 112 valence electrons. The van der Waals surface area contributed by atoms with E-state index in [-0.39, 0.29) is 0 Å². The number of ether oxygens (including phenoxy) is 1. The fourth-order valence-corrected chi connectivity index (χ4v) is 2.85. The van der Waals surface area contributed by atoms with Crippen LogP contribution in [0.5, 0.6) is 0 Å². The summed E-state index contributed by atoms with van der Waals surface area (Å²) in [5.41, 5.74) is 2.53. The van der Waals surface area contributed by atoms with Crippen LogP contribution in [0.1, 0.15) is 50.3 Å². The topological polar surface area (TPSA) is 34.1 Å². The summed E-state index contributed by atoms with van der Waals surface area (Å²) < 4.78 is 5.74. The number of nitrogens with zero attached hydrogens (tertiary/aromatic N) is 1. The van der Waals surface area contributed by atoms with E-state index in [0.717, 1.165) is 19.6 Å². The molecule has 1 saturated heterocycles. The van der Waals surface area contributed by atoms with E-state index in [4.69, 9.17) is 4.74 Å². The second kappa shape index (κ2) is 8.38. The number of rotatable bonds is 8. The minimum Gasteiger partial charge on any atom is -0.378 e. The van der Waals surface area contributed by atoms with Crippen LogP contribution in [-0.2, 0) is 11.2 Å². The van der Waals surface area contributed by atoms with Crippen LogP contribution in [0.4, 0.5) is 0 Å². The quantitative estimate of drug-likeness (QED) is 0.791. The Morgan fingerprint density at radius 1 is 1.50 bits per heavy atom. The van der Waals surface area contributed by atoms with Gasteiger partial charge in [0.25, 0.3) is 0 Å². The lowest BCUT2D eigenvalue weighted by Crippen LogP contribution is -2.33. The molecule has 0 bridgehead atoms. The van der Waals surface area contributed by atoms with E-state index in [1.165, 1.54) is 43.4 Å². The second-order valence-electron chi connectivity index (χ2n) is 5.83. The molecule has 3 heteroatoms. The first kappa shape index (κ1) is 15.5. The highest BCUT2D eigenvalue weighted by atomic mass is 16.5. The highest BCUT2D eigenvalue weighted by Gasteiger charge is 2.18. The third-order valence-electron chi connectivity index (χ3n) is 4.10. The van der Waals surface area contributed by atoms with Gasteiger partial charge in [0.05, 0.1) is 6.10 Å². The van der Waals surface area contributed by atoms with Gasteiger partial charge in [-0.3, -0.25) is 4.98 Å². The first-order chi connectivity index (χ1) is 9.79. The minimum absolute atomic E-state index is 0.491. The highest BCUT2D eigenvalue weighted by Crippen LogP contribution is 2.19. The fraction of sp³-hybridized carbons (Fsp3) is 0.706. The molecule has 2 heterocycles. The van der Waals surface area contributed by atoms with Crippen LogP contribution in [0.2, 0.25) is 0 Å². The maximum atomic E-state index is 5.74. The van der Waals surface area contributed by atoms with E-state index >= 15 is 0 Å². The van der Waals surface area contributed by atoms with Gasteiger partial charge in [-0.1, -0.05) is 13.0 Å². The maximum Gasteiger partial charge on any atom is 0.0576 e. The summed E-state index contributed by atoms with van der Waals surface area (Å²) in [5.74, 6) is 0. The number of nitrogens with one attached hydrogen (secondary N) is 1. The molecule has 0 radical (unpaired) electrons. The molecule has 1 fully saturated rings. The summed E-state index contributed by atoms with van der Waals surface area (Å²) in [5, 5.41) is 3.67. The lowest BCUT2D eigenvalue weighted by molar-refractivity contribution is 0.0995. The Labute approximate surface area is 123 Å². The molecule has 2 atom stereocenters. The zero-order chi connectivity index (χ0) is 14.2. The molecule has 2 unspecified atom stereocenters. The molecule has 1 aromatic rings. The normalized spacial score (nSPS) is 20.2. The molecule has 0 saturated carbocycles. The van der Waals surface area contributed by atoms with E-state index in [1.807, 2.05) is 12.3 Å². The van der Waals surface area contributed by atoms with Gasteiger partial charge in [0, 0.05) is 31.0 Å². The summed E-state index contributed by atoms with van der Waals surface area (Å²) >= 11 is 0. The highest BCUT2D eigenvalue weighted by molar-refractivity contribution is 5.18. The van der Waals surface area contributed by atoms with Crippen molar-refractivity contribution < 1.29 is 4.74 Å². The lowest BCUT2D eigenvalue weighted by atomic mass is 10.00. The van der Waals surface area contributed by atoms with E-state index in [9.17, 15) is 0 Å². The molecule has 20 heavy (non-hydrogen) atoms. The van der Waals surface area contributed by atoms with E-state index < -0.39 is 0 Å². The van der Waals surface area contributed by atoms with Crippen molar-refractivity contribution in [1.82, 2.24) is 10.3 Å². The molecule has 0 aromatic carbocycles. The lowest BCUT2D eigenvalue weighted by Gasteiger charge is -2.20. The van der Waals surface area contributed by atoms with Gasteiger partial charge in [-0.25, -0.2) is 0 Å². The SMILES string of the molecule is CCCNC(CCC1CCCO1)Cc1ncccc1C. The van der Waals surface area contributed by atoms with Crippen LogP contribution in [0.15, 0.2) is 18.3 Å². The van der Waals surface area contributed by atoms with Crippen molar-refractivity contribution >= 4 is 0 Å². The number of pyridine rings is 1. The summed E-state index contributed by atoms with van der Waals surface area (Å²) in [6.45, 7) is 6.41. The van der Waals surface area contributed by atoms with Crippen LogP contribution in [0.25, 0.3) is 0 Å². The maximum absolute atomic E-state index is 5.74. The number of hydrogen-bond acceptors (Lipinski definition) is 3. The van der Waals surface area contributed by atoms with Crippen LogP contribution in [-0.4, -0.2) is 30.3 Å². The Kier molecular flexibility index (Phi) is 6.48. The van der Waals surface area contributed by atoms with Gasteiger partial charge < -0.3 is 10.1 Å². The molecule has 3 nitrogen and oxygen atoms in total. The van der Waals surface area contributed by atoms with Crippen molar-refractivity contribution in [2.75, 3.05) is 13.2 Å². The summed E-state index contributed by atoms with van der Waals surface area (Å²) in [6, 6.07) is 4.69. The molecule has 1 N–H and O–H groups in total. The van der Waals surface area contributed by atoms with Gasteiger partial charge in [0.15, 0.2) is 0 Å². The van der Waals surface area contributed by atoms with E-state index in [2.05, 4.69) is 30.2 Å². The molecule has 2 rings (SSSR count). The Bertz CT molecular complexity index is 388. The number of aromatic nitrogens is 1. The monoisotopic (exact) mass is 276 g/mol. The fourth-order valence-electron chi connectivity index (χ4n) is 2.85. The molecule has 0 spiro atoms. The van der Waals surface area contributed by atoms with Crippen molar-refractivity contribution in [2.45, 2.75) is 64.5 Å². The average Bonchev–Trinajstić information content (AvgIpc) is 2.97. The summed E-state index contributed by atoms with van der Waals surface area (Å²) in [6.07, 6.45) is 9.43. The number of aryl methyl sites for hydroxylation is 1. The van der Waals surface area contributed by atoms with Crippen LogP contribution < -0.4 is 5.32 Å². The molecule has 1 aliphatic heterocycles. The predicted molar refractivity (Wildman–Crippen MR) is 83.0 cm³/mol. The van der Waals surface area contributed by atoms with Gasteiger partial charge in [-0.2, -0.15) is 0 Å². The van der Waals surface area contributed by atoms with Gasteiger partial charge in [-0.15, -0.1) is 0 Å². The van der Waals surface area contributed by atoms with Crippen molar-refractivity contribution in [2.24, 2.45) is 0 Å². The first-order valence-electron chi connectivity index (χ1n) is 8.05. The Hall–Kier alpha value is -0.930. The third kappa shape index (κ3) is 4.88. The van der Waals surface area contributed by atoms with Gasteiger partial charge in [-0.05, 0) is 57.2 Å². The summed E-state index contributed by atoms with van der Waals surface area (Å²) in [7, 11) is 0. The number of hydrogen-bond donors (Lipinski definition) is 1. The zero-order valence-corrected chi connectivity index (χ0v) is 12.9. The molecule has 0 amide bonds. The van der Waals surface area contributed by atoms with E-state index in [1.54, 1.807) is 0 Å². The van der Waals surface area contributed by atoms with Crippen LogP contribution in [0.3, 0.4) is 0 Å². The molecule has 1 aromatic heterocycles. The predicted octanol–water partition coefficient (Wildman–Crippen LogP) is 3.26. The largest absolute Gasteiger partial charge is 0.378 e. The van der Waals surface area contributed by atoms with E-state index in [0.29, 0.717) is 12.1 Å². The molecular weight excluding hydrogens is 248 g/mol. The third-order valence-corrected chi connectivity index (χ3v) is 4.10. The molecular formula is C17H28N2O. The van der Waals surface area contributed by atoms with Crippen molar-refractivity contribution in [3.8, 4) is 0 Å². The van der Waals surface area contributed by atoms with Crippen LogP contribution in [0, 0.1) is 6.92 Å². The average molecular weight is 276 g/mol. The standard InChI is InChI=1S/C17H28N2O/c1-3-10-18-15(8-9-16-7-5-12-20-16)13-17-14(2)6-4-11-19-17/h4,6,11,15-16,18H,3,5,7-10,12-13H2,1-2H3. The van der Waals surface area contributed by atoms with Gasteiger partial charge >= 0.3 is 0 Å². The van der Waals surface area contributed by atoms with Crippen molar-refractivity contribution in [3.63, 3.8) is 0 Å².